The van der Waals surface area contributed by atoms with Gasteiger partial charge in [-0.1, -0.05) is 294 Å². The number of carbonyl (C=O) groups excluding carboxylic acids is 3. The van der Waals surface area contributed by atoms with E-state index in [1.165, 1.54) is 39.3 Å². The molecule has 13 rings (SSSR count). The average molecular weight is 1290 g/mol. The SMILES string of the molecule is O=C(NC1C(=O)N2C(C(=O)OC(c3ccccc3)c3ccccc3)=C(Sc3sc4ccsc4c(=O)c3Cl)CS[C@@H]12)C(=NOC(c1ccccc1)(c1ccccc1)c1ccccc1)c1nc(NC(c2ccccc2)(c2ccccc2)c2ccccc2)sc1Cl. The molecular formula is C70H49Cl2N5O6S5. The number of nitrogens with zero attached hydrogens (tertiary/aromatic N) is 3. The fourth-order valence-corrected chi connectivity index (χ4v) is 17.4. The predicted molar refractivity (Wildman–Crippen MR) is 356 cm³/mol. The van der Waals surface area contributed by atoms with Crippen molar-refractivity contribution in [2.75, 3.05) is 11.1 Å². The van der Waals surface area contributed by atoms with Crippen LogP contribution in [0.2, 0.25) is 9.36 Å². The molecule has 5 heterocycles. The van der Waals surface area contributed by atoms with Gasteiger partial charge in [0.2, 0.25) is 11.0 Å². The summed E-state index contributed by atoms with van der Waals surface area (Å²) in [5, 5.41) is 13.1. The van der Waals surface area contributed by atoms with E-state index in [1.807, 2.05) is 254 Å². The Labute approximate surface area is 537 Å². The molecule has 1 saturated heterocycles. The van der Waals surface area contributed by atoms with E-state index in [1.54, 1.807) is 0 Å². The first kappa shape index (κ1) is 58.4. The smallest absolute Gasteiger partial charge is 0.356 e. The second-order valence-electron chi connectivity index (χ2n) is 20.4. The molecule has 0 aliphatic carbocycles. The Morgan fingerprint density at radius 3 is 1.58 bits per heavy atom. The number of ether oxygens (including phenoxy) is 1. The zero-order valence-electron chi connectivity index (χ0n) is 46.3. The molecule has 2 aliphatic rings. The van der Waals surface area contributed by atoms with Crippen molar-refractivity contribution in [1.29, 1.82) is 0 Å². The van der Waals surface area contributed by atoms with Gasteiger partial charge in [-0.2, -0.15) is 0 Å². The van der Waals surface area contributed by atoms with Crippen molar-refractivity contribution in [2.45, 2.75) is 32.9 Å². The molecule has 88 heavy (non-hydrogen) atoms. The van der Waals surface area contributed by atoms with Crippen molar-refractivity contribution in [3.05, 3.63) is 334 Å². The minimum absolute atomic E-state index is 0.0126. The predicted octanol–water partition coefficient (Wildman–Crippen LogP) is 15.9. The van der Waals surface area contributed by atoms with Gasteiger partial charge in [-0.15, -0.1) is 34.4 Å². The van der Waals surface area contributed by atoms with Crippen LogP contribution >= 0.6 is 80.7 Å². The van der Waals surface area contributed by atoms with Gasteiger partial charge in [0.25, 0.3) is 11.8 Å². The van der Waals surface area contributed by atoms with E-state index in [2.05, 4.69) is 10.6 Å². The van der Waals surface area contributed by atoms with Crippen molar-refractivity contribution in [3.63, 3.8) is 0 Å². The summed E-state index contributed by atoms with van der Waals surface area (Å²) in [5.41, 5.74) is 3.04. The lowest BCUT2D eigenvalue weighted by Crippen LogP contribution is -2.71. The minimum Gasteiger partial charge on any atom is -0.448 e. The van der Waals surface area contributed by atoms with Crippen LogP contribution in [0.4, 0.5) is 5.13 Å². The quantitative estimate of drug-likeness (QED) is 0.0264. The number of thioether (sulfide) groups is 2. The highest BCUT2D eigenvalue weighted by Crippen LogP contribution is 2.50. The molecule has 8 aromatic carbocycles. The van der Waals surface area contributed by atoms with E-state index in [4.69, 9.17) is 42.9 Å². The minimum atomic E-state index is -1.46. The number of thiazole rings is 1. The van der Waals surface area contributed by atoms with Crippen molar-refractivity contribution in [2.24, 2.45) is 5.16 Å². The van der Waals surface area contributed by atoms with Crippen LogP contribution in [0, 0.1) is 0 Å². The molecule has 0 bridgehead atoms. The summed E-state index contributed by atoms with van der Waals surface area (Å²) in [5.74, 6) is -2.04. The Hall–Kier alpha value is -8.58. The van der Waals surface area contributed by atoms with Crippen molar-refractivity contribution < 1.29 is 24.0 Å². The largest absolute Gasteiger partial charge is 0.448 e. The maximum Gasteiger partial charge on any atom is 0.356 e. The molecule has 2 amide bonds. The Bertz CT molecular complexity index is 4220. The highest BCUT2D eigenvalue weighted by atomic mass is 35.5. The van der Waals surface area contributed by atoms with Crippen LogP contribution in [0.15, 0.2) is 279 Å². The number of anilines is 1. The van der Waals surface area contributed by atoms with E-state index in [0.717, 1.165) is 44.5 Å². The number of amides is 2. The molecule has 1 unspecified atom stereocenters. The van der Waals surface area contributed by atoms with Crippen LogP contribution in [0.3, 0.4) is 0 Å². The van der Waals surface area contributed by atoms with E-state index < -0.39 is 46.4 Å². The van der Waals surface area contributed by atoms with Gasteiger partial charge in [-0.05, 0) is 39.3 Å². The third-order valence-corrected chi connectivity index (χ3v) is 21.9. The molecule has 0 spiro atoms. The summed E-state index contributed by atoms with van der Waals surface area (Å²) in [6.45, 7) is 0. The second-order valence-corrected chi connectivity index (χ2v) is 26.8. The molecule has 18 heteroatoms. The van der Waals surface area contributed by atoms with Crippen LogP contribution in [-0.2, 0) is 35.1 Å². The summed E-state index contributed by atoms with van der Waals surface area (Å²) in [6, 6.07) is 78.2. The van der Waals surface area contributed by atoms with Gasteiger partial charge in [0.05, 0.1) is 13.6 Å². The number of hydrogen-bond donors (Lipinski definition) is 2. The monoisotopic (exact) mass is 1290 g/mol. The van der Waals surface area contributed by atoms with Gasteiger partial charge in [0.1, 0.15) is 37.7 Å². The zero-order chi connectivity index (χ0) is 60.2. The van der Waals surface area contributed by atoms with Gasteiger partial charge in [0, 0.05) is 27.3 Å². The molecule has 2 aliphatic heterocycles. The van der Waals surface area contributed by atoms with Crippen LogP contribution in [-0.4, -0.2) is 50.5 Å². The fraction of sp³-hybridized carbons (Fsp3) is 0.0857. The van der Waals surface area contributed by atoms with Crippen molar-refractivity contribution in [3.8, 4) is 0 Å². The number of fused-ring (bicyclic) bond motifs is 2. The van der Waals surface area contributed by atoms with Crippen molar-refractivity contribution >= 4 is 119 Å². The van der Waals surface area contributed by atoms with Crippen LogP contribution in [0.25, 0.3) is 9.40 Å². The highest BCUT2D eigenvalue weighted by molar-refractivity contribution is 8.07. The maximum absolute atomic E-state index is 15.8. The molecule has 2 N–H and O–H groups in total. The highest BCUT2D eigenvalue weighted by Gasteiger charge is 2.56. The lowest BCUT2D eigenvalue weighted by atomic mass is 9.77. The van der Waals surface area contributed by atoms with E-state index in [-0.39, 0.29) is 37.6 Å². The van der Waals surface area contributed by atoms with Crippen LogP contribution in [0.1, 0.15) is 56.3 Å². The van der Waals surface area contributed by atoms with Gasteiger partial charge in [0.15, 0.2) is 16.9 Å². The number of aromatic nitrogens is 1. The fourth-order valence-electron chi connectivity index (χ4n) is 11.1. The maximum atomic E-state index is 15.8. The first-order chi connectivity index (χ1) is 43.1. The molecule has 0 saturated carbocycles. The third-order valence-electron chi connectivity index (χ3n) is 15.2. The van der Waals surface area contributed by atoms with E-state index >= 15 is 14.4 Å². The van der Waals surface area contributed by atoms with Gasteiger partial charge < -0.3 is 20.2 Å². The zero-order valence-corrected chi connectivity index (χ0v) is 51.9. The Balaban J connectivity index is 0.914. The normalized spacial score (nSPS) is 15.1. The van der Waals surface area contributed by atoms with Gasteiger partial charge in [-0.3, -0.25) is 19.3 Å². The summed E-state index contributed by atoms with van der Waals surface area (Å²) >= 11 is 20.5. The van der Waals surface area contributed by atoms with Gasteiger partial charge in [-0.25, -0.2) is 9.78 Å². The number of carbonyl (C=O) groups is 3. The number of hydrogen-bond acceptors (Lipinski definition) is 14. The number of thiophene rings is 1. The summed E-state index contributed by atoms with van der Waals surface area (Å²) in [4.78, 5) is 73.9. The Morgan fingerprint density at radius 1 is 0.625 bits per heavy atom. The Kier molecular flexibility index (Phi) is 17.0. The van der Waals surface area contributed by atoms with Gasteiger partial charge >= 0.3 is 5.97 Å². The molecule has 434 valence electrons. The number of benzene rings is 8. The third kappa shape index (κ3) is 11.1. The molecule has 0 radical (unpaired) electrons. The lowest BCUT2D eigenvalue weighted by Gasteiger charge is -2.49. The standard InChI is InChI=1S/C70H49Cl2N5O6S5/c71-54-59(78)61-52(41-42-84-61)86-67(54)87-53-43-85-65-57(64(80)77(65)58(53)66(81)82-60(44-25-9-1-10-26-44)45-27-11-2-12-28-45)73-63(79)56(76-83-70(49-35-19-6-20-36-49,50-37-21-7-22-38-50)51-39-23-8-24-40-51)55-62(72)88-68(74-55)75-69(46-29-13-3-14-30-46,47-31-15-4-16-32-47)48-33-17-5-18-34-48/h1-42,57,60,65H,43H2,(H,73,79)(H,74,75)/t57?,65-/m0/s1. The van der Waals surface area contributed by atoms with E-state index in [9.17, 15) is 4.79 Å². The first-order valence-electron chi connectivity index (χ1n) is 27.8. The summed E-state index contributed by atoms with van der Waals surface area (Å²) < 4.78 is 8.34. The summed E-state index contributed by atoms with van der Waals surface area (Å²) in [6.07, 6.45) is -0.871. The van der Waals surface area contributed by atoms with Crippen LogP contribution < -0.4 is 16.1 Å². The van der Waals surface area contributed by atoms with Crippen LogP contribution in [0.5, 0.6) is 0 Å². The Morgan fingerprint density at radius 2 is 1.09 bits per heavy atom. The molecular weight excluding hydrogens is 1240 g/mol. The molecule has 11 nitrogen and oxygen atoms in total. The number of esters is 1. The van der Waals surface area contributed by atoms with E-state index in [0.29, 0.717) is 46.8 Å². The number of oxime groups is 1. The lowest BCUT2D eigenvalue weighted by molar-refractivity contribution is -0.154. The molecule has 11 aromatic rings. The first-order valence-corrected chi connectivity index (χ1v) is 33.0. The molecule has 3 aromatic heterocycles. The number of halogens is 2. The average Bonchev–Trinajstić information content (AvgIpc) is 1.09. The topological polar surface area (TPSA) is 139 Å². The number of rotatable bonds is 19. The number of nitrogens with one attached hydrogen (secondary N) is 2. The summed E-state index contributed by atoms with van der Waals surface area (Å²) in [7, 11) is 0. The van der Waals surface area contributed by atoms with Crippen molar-refractivity contribution in [1.82, 2.24) is 15.2 Å². The number of β-lactam (4-membered cyclic amide) rings is 1. The molecule has 1 fully saturated rings. The second kappa shape index (κ2) is 25.6. The molecule has 2 atom stereocenters.